The van der Waals surface area contributed by atoms with Gasteiger partial charge in [-0.25, -0.2) is 14.4 Å². The molecule has 12 heteroatoms. The summed E-state index contributed by atoms with van der Waals surface area (Å²) < 4.78 is 15.6. The number of nitrogens with two attached hydrogens (primary N) is 1. The van der Waals surface area contributed by atoms with E-state index in [1.165, 1.54) is 0 Å². The van der Waals surface area contributed by atoms with Crippen molar-refractivity contribution in [2.24, 2.45) is 5.73 Å². The molecule has 1 fully saturated rings. The molecule has 3 amide bonds. The van der Waals surface area contributed by atoms with Gasteiger partial charge in [0.05, 0.1) is 12.1 Å². The number of rotatable bonds is 14. The molecule has 0 bridgehead atoms. The highest BCUT2D eigenvalue weighted by atomic mass is 16.6. The molecule has 5 rings (SSSR count). The van der Waals surface area contributed by atoms with Gasteiger partial charge in [-0.1, -0.05) is 72.8 Å². The fourth-order valence-electron chi connectivity index (χ4n) is 5.52. The monoisotopic (exact) mass is 683 g/mol. The standard InChI is InChI=1S/C31H37N3O5.C7H8N2O2/c35-29(28(19-24-12-5-2-6-13-24)34-31(37)39-27-15-7-8-16-27)20-26(18-23-10-3-1-4-11-23)33-30(36)38-22-25-14-9-17-32-21-25;8-7(10)11-5-6-2-1-3-9-4-6/h1-6,9-14,17,21,26-29,35H,7-8,15-16,18-20,22H2,(H,33,36)(H,34,37);1-4H,5H2,(H2,8,10)/t26-,28-,29-;/m0./s1. The lowest BCUT2D eigenvalue weighted by Crippen LogP contribution is -2.49. The number of alkyl carbamates (subject to hydrolysis) is 2. The van der Waals surface area contributed by atoms with Crippen molar-refractivity contribution in [2.45, 2.75) is 82.5 Å². The van der Waals surface area contributed by atoms with E-state index in [9.17, 15) is 19.5 Å². The fourth-order valence-corrected chi connectivity index (χ4v) is 5.52. The Labute approximate surface area is 292 Å². The van der Waals surface area contributed by atoms with E-state index >= 15 is 0 Å². The molecule has 2 heterocycles. The molecular formula is C38H45N5O7. The van der Waals surface area contributed by atoms with Crippen LogP contribution in [0.25, 0.3) is 0 Å². The number of nitrogens with one attached hydrogen (secondary N) is 2. The van der Waals surface area contributed by atoms with Gasteiger partial charge in [-0.3, -0.25) is 9.97 Å². The second-order valence-electron chi connectivity index (χ2n) is 12.0. The Balaban J connectivity index is 0.000000435. The predicted octanol–water partition coefficient (Wildman–Crippen LogP) is 5.63. The molecule has 0 spiro atoms. The molecule has 4 aromatic rings. The minimum absolute atomic E-state index is 0.0819. The maximum Gasteiger partial charge on any atom is 0.407 e. The number of aliphatic hydroxyl groups is 1. The predicted molar refractivity (Wildman–Crippen MR) is 187 cm³/mol. The number of hydrogen-bond donors (Lipinski definition) is 4. The van der Waals surface area contributed by atoms with Crippen LogP contribution in [-0.4, -0.2) is 57.6 Å². The molecule has 0 unspecified atom stereocenters. The van der Waals surface area contributed by atoms with Gasteiger partial charge in [-0.15, -0.1) is 0 Å². The fraction of sp³-hybridized carbons (Fsp3) is 0.342. The minimum Gasteiger partial charge on any atom is -0.446 e. The maximum absolute atomic E-state index is 12.7. The Kier molecular flexibility index (Phi) is 15.5. The van der Waals surface area contributed by atoms with Crippen molar-refractivity contribution in [2.75, 3.05) is 0 Å². The number of aliphatic hydroxyl groups excluding tert-OH is 1. The van der Waals surface area contributed by atoms with Gasteiger partial charge in [0.1, 0.15) is 19.3 Å². The molecule has 0 aliphatic heterocycles. The first-order chi connectivity index (χ1) is 24.3. The van der Waals surface area contributed by atoms with Crippen molar-refractivity contribution in [1.29, 1.82) is 0 Å². The van der Waals surface area contributed by atoms with Gasteiger partial charge in [0.15, 0.2) is 0 Å². The van der Waals surface area contributed by atoms with Gasteiger partial charge in [0.25, 0.3) is 0 Å². The number of carbonyl (C=O) groups excluding carboxylic acids is 3. The van der Waals surface area contributed by atoms with Crippen molar-refractivity contribution < 1.29 is 33.7 Å². The second-order valence-corrected chi connectivity index (χ2v) is 12.0. The van der Waals surface area contributed by atoms with Gasteiger partial charge in [-0.05, 0) is 68.2 Å². The normalized spacial score (nSPS) is 14.2. The molecule has 50 heavy (non-hydrogen) atoms. The van der Waals surface area contributed by atoms with Crippen LogP contribution in [-0.2, 0) is 40.3 Å². The van der Waals surface area contributed by atoms with E-state index in [0.29, 0.717) is 12.8 Å². The minimum atomic E-state index is -0.950. The van der Waals surface area contributed by atoms with Crippen LogP contribution in [0.1, 0.15) is 54.4 Å². The summed E-state index contributed by atoms with van der Waals surface area (Å²) >= 11 is 0. The van der Waals surface area contributed by atoms with Gasteiger partial charge in [-0.2, -0.15) is 0 Å². The van der Waals surface area contributed by atoms with E-state index in [4.69, 9.17) is 15.2 Å². The molecule has 3 atom stereocenters. The van der Waals surface area contributed by atoms with Crippen LogP contribution in [0.15, 0.2) is 110 Å². The van der Waals surface area contributed by atoms with Crippen molar-refractivity contribution in [1.82, 2.24) is 20.6 Å². The quantitative estimate of drug-likeness (QED) is 0.123. The summed E-state index contributed by atoms with van der Waals surface area (Å²) in [5, 5.41) is 17.2. The number of pyridine rings is 2. The third-order valence-corrected chi connectivity index (χ3v) is 8.01. The van der Waals surface area contributed by atoms with Crippen LogP contribution in [0.2, 0.25) is 0 Å². The average molecular weight is 684 g/mol. The van der Waals surface area contributed by atoms with E-state index in [1.54, 1.807) is 43.0 Å². The highest BCUT2D eigenvalue weighted by molar-refractivity contribution is 5.68. The first kappa shape index (κ1) is 37.3. The van der Waals surface area contributed by atoms with Crippen LogP contribution < -0.4 is 16.4 Å². The Morgan fingerprint density at radius 3 is 1.80 bits per heavy atom. The molecule has 264 valence electrons. The Morgan fingerprint density at radius 2 is 1.26 bits per heavy atom. The molecule has 12 nitrogen and oxygen atoms in total. The molecule has 1 aliphatic carbocycles. The summed E-state index contributed by atoms with van der Waals surface area (Å²) in [5.41, 5.74) is 8.35. The van der Waals surface area contributed by atoms with Gasteiger partial charge in [0, 0.05) is 42.0 Å². The lowest BCUT2D eigenvalue weighted by molar-refractivity contribution is 0.0721. The lowest BCUT2D eigenvalue weighted by Gasteiger charge is -2.28. The maximum atomic E-state index is 12.7. The number of benzene rings is 2. The highest BCUT2D eigenvalue weighted by Gasteiger charge is 2.28. The summed E-state index contributed by atoms with van der Waals surface area (Å²) in [6, 6.07) is 25.6. The zero-order chi connectivity index (χ0) is 35.4. The number of aromatic nitrogens is 2. The van der Waals surface area contributed by atoms with Crippen molar-refractivity contribution in [3.05, 3.63) is 132 Å². The number of nitrogens with zero attached hydrogens (tertiary/aromatic N) is 2. The van der Waals surface area contributed by atoms with E-state index in [2.05, 4.69) is 25.3 Å². The SMILES string of the molecule is NC(=O)OCc1cccnc1.O=C(N[C@@H](Cc1ccccc1)C[C@H](O)[C@H](Cc1ccccc1)NC(=O)OC1CCCC1)OCc1cccnc1. The molecule has 1 saturated carbocycles. The highest BCUT2D eigenvalue weighted by Crippen LogP contribution is 2.21. The summed E-state index contributed by atoms with van der Waals surface area (Å²) in [6.07, 6.45) is 8.61. The Morgan fingerprint density at radius 1 is 0.720 bits per heavy atom. The number of ether oxygens (including phenoxy) is 3. The van der Waals surface area contributed by atoms with E-state index in [0.717, 1.165) is 47.9 Å². The summed E-state index contributed by atoms with van der Waals surface area (Å²) in [4.78, 5) is 43.5. The van der Waals surface area contributed by atoms with Crippen LogP contribution in [0.4, 0.5) is 14.4 Å². The molecule has 5 N–H and O–H groups in total. The molecule has 0 radical (unpaired) electrons. The molecular weight excluding hydrogens is 638 g/mol. The van der Waals surface area contributed by atoms with Gasteiger partial charge < -0.3 is 35.7 Å². The third kappa shape index (κ3) is 14.3. The summed E-state index contributed by atoms with van der Waals surface area (Å²) in [7, 11) is 0. The van der Waals surface area contributed by atoms with Crippen LogP contribution >= 0.6 is 0 Å². The zero-order valence-electron chi connectivity index (χ0n) is 27.9. The smallest absolute Gasteiger partial charge is 0.407 e. The van der Waals surface area contributed by atoms with E-state index < -0.39 is 36.5 Å². The lowest BCUT2D eigenvalue weighted by atomic mass is 9.94. The Hall–Kier alpha value is -5.49. The molecule has 2 aromatic heterocycles. The van der Waals surface area contributed by atoms with Crippen LogP contribution in [0, 0.1) is 0 Å². The Bertz CT molecular complexity index is 1560. The van der Waals surface area contributed by atoms with E-state index in [-0.39, 0.29) is 25.7 Å². The number of amides is 3. The number of carbonyl (C=O) groups is 3. The van der Waals surface area contributed by atoms with E-state index in [1.807, 2.05) is 66.7 Å². The molecule has 1 aliphatic rings. The van der Waals surface area contributed by atoms with Gasteiger partial charge >= 0.3 is 18.3 Å². The number of primary amides is 1. The van der Waals surface area contributed by atoms with Crippen molar-refractivity contribution >= 4 is 18.3 Å². The molecule has 0 saturated heterocycles. The second kappa shape index (κ2) is 20.8. The first-order valence-electron chi connectivity index (χ1n) is 16.7. The first-order valence-corrected chi connectivity index (χ1v) is 16.7. The average Bonchev–Trinajstić information content (AvgIpc) is 3.64. The van der Waals surface area contributed by atoms with Gasteiger partial charge in [0.2, 0.25) is 0 Å². The summed E-state index contributed by atoms with van der Waals surface area (Å²) in [6.45, 7) is 0.272. The zero-order valence-corrected chi connectivity index (χ0v) is 27.9. The van der Waals surface area contributed by atoms with Crippen LogP contribution in [0.3, 0.4) is 0 Å². The van der Waals surface area contributed by atoms with Crippen LogP contribution in [0.5, 0.6) is 0 Å². The van der Waals surface area contributed by atoms with Crippen molar-refractivity contribution in [3.8, 4) is 0 Å². The van der Waals surface area contributed by atoms with Crippen molar-refractivity contribution in [3.63, 3.8) is 0 Å². The molecule has 2 aromatic carbocycles. The number of hydrogen-bond acceptors (Lipinski definition) is 9. The summed E-state index contributed by atoms with van der Waals surface area (Å²) in [5.74, 6) is 0. The largest absolute Gasteiger partial charge is 0.446 e. The topological polar surface area (TPSA) is 175 Å². The third-order valence-electron chi connectivity index (χ3n) is 8.01.